The molecule has 5 nitrogen and oxygen atoms in total. The molecule has 0 N–H and O–H groups in total. The van der Waals surface area contributed by atoms with E-state index in [2.05, 4.69) is 33.5 Å². The van der Waals surface area contributed by atoms with E-state index in [-0.39, 0.29) is 0 Å². The highest BCUT2D eigenvalue weighted by molar-refractivity contribution is 7.98. The average molecular weight is 392 g/mol. The predicted molar refractivity (Wildman–Crippen MR) is 115 cm³/mol. The van der Waals surface area contributed by atoms with Gasteiger partial charge in [-0.25, -0.2) is 4.98 Å². The van der Waals surface area contributed by atoms with Crippen molar-refractivity contribution in [3.63, 3.8) is 0 Å². The van der Waals surface area contributed by atoms with Crippen LogP contribution in [0.4, 0.5) is 5.82 Å². The van der Waals surface area contributed by atoms with Crippen LogP contribution in [0.1, 0.15) is 37.3 Å². The first-order chi connectivity index (χ1) is 13.7. The van der Waals surface area contributed by atoms with Crippen LogP contribution in [0.5, 0.6) is 0 Å². The number of nitriles is 1. The minimum absolute atomic E-state index is 0.667. The van der Waals surface area contributed by atoms with Crippen LogP contribution >= 0.6 is 11.8 Å². The molecule has 0 radical (unpaired) electrons. The Balaban J connectivity index is 1.87. The van der Waals surface area contributed by atoms with Gasteiger partial charge in [-0.15, -0.1) is 11.8 Å². The summed E-state index contributed by atoms with van der Waals surface area (Å²) in [5.74, 6) is 2.00. The van der Waals surface area contributed by atoms with E-state index in [9.17, 15) is 0 Å². The molecule has 1 saturated carbocycles. The van der Waals surface area contributed by atoms with Gasteiger partial charge in [0.25, 0.3) is 0 Å². The molecule has 0 bridgehead atoms. The number of aromatic nitrogens is 3. The van der Waals surface area contributed by atoms with Gasteiger partial charge in [0, 0.05) is 31.0 Å². The molecule has 6 heteroatoms. The van der Waals surface area contributed by atoms with E-state index in [1.165, 1.54) is 18.7 Å². The molecule has 144 valence electrons. The van der Waals surface area contributed by atoms with Crippen molar-refractivity contribution in [3.8, 4) is 17.3 Å². The monoisotopic (exact) mass is 391 g/mol. The Kier molecular flexibility index (Phi) is 5.27. The Bertz CT molecular complexity index is 1040. The first-order valence-corrected chi connectivity index (χ1v) is 11.1. The fourth-order valence-corrected chi connectivity index (χ4v) is 4.31. The third-order valence-corrected chi connectivity index (χ3v) is 5.92. The van der Waals surface area contributed by atoms with Gasteiger partial charge in [0.2, 0.25) is 0 Å². The molecular formula is C22H25N5S. The van der Waals surface area contributed by atoms with E-state index in [0.29, 0.717) is 5.56 Å². The van der Waals surface area contributed by atoms with Crippen LogP contribution in [0.3, 0.4) is 0 Å². The Labute approximate surface area is 170 Å². The summed E-state index contributed by atoms with van der Waals surface area (Å²) in [4.78, 5) is 12.1. The summed E-state index contributed by atoms with van der Waals surface area (Å²) in [6.45, 7) is 6.39. The Morgan fingerprint density at radius 1 is 1.36 bits per heavy atom. The Morgan fingerprint density at radius 3 is 2.82 bits per heavy atom. The third-order valence-electron chi connectivity index (χ3n) is 5.26. The smallest absolute Gasteiger partial charge is 0.166 e. The lowest BCUT2D eigenvalue weighted by molar-refractivity contribution is 0.690. The van der Waals surface area contributed by atoms with Crippen molar-refractivity contribution in [2.24, 2.45) is 5.92 Å². The van der Waals surface area contributed by atoms with Gasteiger partial charge in [-0.05, 0) is 56.1 Å². The van der Waals surface area contributed by atoms with Crippen molar-refractivity contribution >= 4 is 23.2 Å². The average Bonchev–Trinajstić information content (AvgIpc) is 3.44. The zero-order valence-corrected chi connectivity index (χ0v) is 17.5. The molecule has 0 amide bonds. The second kappa shape index (κ2) is 7.84. The molecule has 1 aliphatic rings. The topological polar surface area (TPSA) is 57.2 Å². The third kappa shape index (κ3) is 3.47. The van der Waals surface area contributed by atoms with E-state index in [4.69, 9.17) is 10.2 Å². The molecule has 0 saturated heterocycles. The number of benzene rings is 1. The fourth-order valence-electron chi connectivity index (χ4n) is 3.72. The molecule has 1 aromatic carbocycles. The highest BCUT2D eigenvalue weighted by Gasteiger charge is 2.28. The van der Waals surface area contributed by atoms with Gasteiger partial charge in [-0.3, -0.25) is 9.38 Å². The van der Waals surface area contributed by atoms with E-state index in [0.717, 1.165) is 52.9 Å². The number of rotatable bonds is 7. The van der Waals surface area contributed by atoms with E-state index in [1.54, 1.807) is 11.8 Å². The SMILES string of the molecule is CCCN(CC1CC1)c1c(SC)nc2c(-c3ccc(C#N)cc3C)nccn12. The summed E-state index contributed by atoms with van der Waals surface area (Å²) in [5.41, 5.74) is 4.48. The minimum Gasteiger partial charge on any atom is -0.355 e. The van der Waals surface area contributed by atoms with Crippen molar-refractivity contribution in [2.75, 3.05) is 24.2 Å². The van der Waals surface area contributed by atoms with Crippen LogP contribution in [-0.4, -0.2) is 33.7 Å². The maximum absolute atomic E-state index is 9.17. The van der Waals surface area contributed by atoms with Crippen LogP contribution in [-0.2, 0) is 0 Å². The molecule has 28 heavy (non-hydrogen) atoms. The van der Waals surface area contributed by atoms with Crippen molar-refractivity contribution in [3.05, 3.63) is 41.7 Å². The molecule has 1 aliphatic carbocycles. The second-order valence-electron chi connectivity index (χ2n) is 7.45. The lowest BCUT2D eigenvalue weighted by Gasteiger charge is -2.24. The highest BCUT2D eigenvalue weighted by Crippen LogP contribution is 2.37. The second-order valence-corrected chi connectivity index (χ2v) is 8.24. The van der Waals surface area contributed by atoms with Crippen LogP contribution in [0, 0.1) is 24.2 Å². The standard InChI is InChI=1S/C22H25N5S/c1-4-10-26(14-16-5-6-16)22-21(28-3)25-20-19(24-9-11-27(20)22)18-8-7-17(13-23)12-15(18)2/h7-9,11-12,16H,4-6,10,14H2,1-3H3. The number of thioether (sulfide) groups is 1. The molecule has 0 spiro atoms. The Morgan fingerprint density at radius 2 is 2.18 bits per heavy atom. The normalized spacial score (nSPS) is 13.6. The summed E-state index contributed by atoms with van der Waals surface area (Å²) in [6, 6.07) is 7.95. The zero-order chi connectivity index (χ0) is 19.7. The van der Waals surface area contributed by atoms with Gasteiger partial charge in [0.05, 0.1) is 11.6 Å². The molecule has 2 heterocycles. The van der Waals surface area contributed by atoms with Gasteiger partial charge in [0.1, 0.15) is 16.5 Å². The van der Waals surface area contributed by atoms with Crippen LogP contribution < -0.4 is 4.90 Å². The number of nitrogens with zero attached hydrogens (tertiary/aromatic N) is 5. The van der Waals surface area contributed by atoms with Crippen LogP contribution in [0.2, 0.25) is 0 Å². The van der Waals surface area contributed by atoms with Gasteiger partial charge >= 0.3 is 0 Å². The van der Waals surface area contributed by atoms with Crippen LogP contribution in [0.25, 0.3) is 16.9 Å². The molecule has 2 aromatic heterocycles. The summed E-state index contributed by atoms with van der Waals surface area (Å²) in [5, 5.41) is 10.2. The molecule has 0 aliphatic heterocycles. The Hall–Kier alpha value is -2.52. The molecule has 3 aromatic rings. The number of imidazole rings is 1. The van der Waals surface area contributed by atoms with Crippen molar-refractivity contribution < 1.29 is 0 Å². The first-order valence-electron chi connectivity index (χ1n) is 9.83. The van der Waals surface area contributed by atoms with Gasteiger partial charge in [-0.2, -0.15) is 5.26 Å². The summed E-state index contributed by atoms with van der Waals surface area (Å²) in [7, 11) is 0. The minimum atomic E-state index is 0.667. The summed E-state index contributed by atoms with van der Waals surface area (Å²) in [6.07, 6.45) is 9.75. The number of hydrogen-bond acceptors (Lipinski definition) is 5. The highest BCUT2D eigenvalue weighted by atomic mass is 32.2. The fraction of sp³-hybridized carbons (Fsp3) is 0.409. The molecule has 0 unspecified atom stereocenters. The van der Waals surface area contributed by atoms with Crippen molar-refractivity contribution in [1.29, 1.82) is 5.26 Å². The number of aryl methyl sites for hydroxylation is 1. The maximum atomic E-state index is 9.17. The largest absolute Gasteiger partial charge is 0.355 e. The van der Waals surface area contributed by atoms with E-state index in [1.807, 2.05) is 37.5 Å². The molecule has 0 atom stereocenters. The van der Waals surface area contributed by atoms with E-state index >= 15 is 0 Å². The number of fused-ring (bicyclic) bond motifs is 1. The summed E-state index contributed by atoms with van der Waals surface area (Å²) < 4.78 is 2.20. The molecular weight excluding hydrogens is 366 g/mol. The lowest BCUT2D eigenvalue weighted by Crippen LogP contribution is -2.28. The van der Waals surface area contributed by atoms with Gasteiger partial charge in [-0.1, -0.05) is 13.0 Å². The number of anilines is 1. The lowest BCUT2D eigenvalue weighted by atomic mass is 10.0. The maximum Gasteiger partial charge on any atom is 0.166 e. The van der Waals surface area contributed by atoms with Crippen molar-refractivity contribution in [1.82, 2.24) is 14.4 Å². The summed E-state index contributed by atoms with van der Waals surface area (Å²) >= 11 is 1.69. The zero-order valence-electron chi connectivity index (χ0n) is 16.6. The molecule has 1 fully saturated rings. The van der Waals surface area contributed by atoms with Crippen molar-refractivity contribution in [2.45, 2.75) is 38.1 Å². The van der Waals surface area contributed by atoms with E-state index < -0.39 is 0 Å². The van der Waals surface area contributed by atoms with Gasteiger partial charge in [0.15, 0.2) is 5.65 Å². The van der Waals surface area contributed by atoms with Crippen LogP contribution in [0.15, 0.2) is 35.6 Å². The first kappa shape index (κ1) is 18.8. The van der Waals surface area contributed by atoms with Gasteiger partial charge < -0.3 is 4.90 Å². The molecule has 4 rings (SSSR count). The predicted octanol–water partition coefficient (Wildman–Crippen LogP) is 4.92. The quantitative estimate of drug-likeness (QED) is 0.535. The number of hydrogen-bond donors (Lipinski definition) is 0.